The molecule has 0 aromatic heterocycles. The van der Waals surface area contributed by atoms with Crippen molar-refractivity contribution in [1.29, 1.82) is 0 Å². The molecule has 6 nitrogen and oxygen atoms in total. The zero-order valence-electron chi connectivity index (χ0n) is 19.0. The molecule has 0 radical (unpaired) electrons. The predicted molar refractivity (Wildman–Crippen MR) is 117 cm³/mol. The molecule has 0 bridgehead atoms. The van der Waals surface area contributed by atoms with Crippen molar-refractivity contribution < 1.29 is 28.8 Å². The van der Waals surface area contributed by atoms with Gasteiger partial charge >= 0.3 is 0 Å². The van der Waals surface area contributed by atoms with E-state index in [2.05, 4.69) is 18.4 Å². The molecule has 0 aromatic rings. The maximum absolute atomic E-state index is 9.32. The zero-order valence-corrected chi connectivity index (χ0v) is 19.0. The SMILES string of the molecule is C#CCOC[C@@H](O)COC(C)(C)C.C#CCOC[C@H](COC(C)(C)C)OCC=C. The van der Waals surface area contributed by atoms with Crippen LogP contribution in [0.3, 0.4) is 0 Å². The first kappa shape index (κ1) is 29.8. The molecule has 0 aliphatic heterocycles. The lowest BCUT2D eigenvalue weighted by Crippen LogP contribution is -2.31. The lowest BCUT2D eigenvalue weighted by atomic mass is 10.2. The second kappa shape index (κ2) is 17.5. The van der Waals surface area contributed by atoms with Crippen LogP contribution >= 0.6 is 0 Å². The third kappa shape index (κ3) is 26.6. The molecule has 0 aliphatic carbocycles. The summed E-state index contributed by atoms with van der Waals surface area (Å²) in [5, 5.41) is 9.32. The van der Waals surface area contributed by atoms with Crippen LogP contribution in [0, 0.1) is 24.7 Å². The van der Waals surface area contributed by atoms with Crippen LogP contribution in [0.4, 0.5) is 0 Å². The van der Waals surface area contributed by atoms with Crippen LogP contribution in [0.1, 0.15) is 41.5 Å². The highest BCUT2D eigenvalue weighted by Crippen LogP contribution is 2.09. The minimum atomic E-state index is -0.604. The maximum atomic E-state index is 9.32. The van der Waals surface area contributed by atoms with Crippen LogP contribution in [0.25, 0.3) is 0 Å². The van der Waals surface area contributed by atoms with Crippen LogP contribution in [0.5, 0.6) is 0 Å². The van der Waals surface area contributed by atoms with Gasteiger partial charge in [0.2, 0.25) is 0 Å². The molecule has 0 saturated carbocycles. The second-order valence-electron chi connectivity index (χ2n) is 8.18. The molecular formula is C23H40O6. The Morgan fingerprint density at radius 2 is 1.34 bits per heavy atom. The number of aliphatic hydroxyl groups excluding tert-OH is 1. The van der Waals surface area contributed by atoms with E-state index in [1.54, 1.807) is 6.08 Å². The average Bonchev–Trinajstić information content (AvgIpc) is 2.61. The molecule has 6 heteroatoms. The molecule has 0 rings (SSSR count). The standard InChI is InChI=1S/C13H22O3.C10H18O3/c1-6-8-14-10-12(15-9-7-2)11-16-13(3,4)5;1-5-6-12-7-9(11)8-13-10(2,3)4/h1,7,12H,2,8-11H2,3-5H3;1,9,11H,6-8H2,2-4H3/t12-;9-/m11/s1. The number of rotatable bonds is 13. The van der Waals surface area contributed by atoms with Crippen molar-refractivity contribution in [3.8, 4) is 24.7 Å². The largest absolute Gasteiger partial charge is 0.388 e. The summed E-state index contributed by atoms with van der Waals surface area (Å²) >= 11 is 0. The van der Waals surface area contributed by atoms with Crippen molar-refractivity contribution in [3.05, 3.63) is 12.7 Å². The van der Waals surface area contributed by atoms with Crippen molar-refractivity contribution in [2.45, 2.75) is 65.0 Å². The van der Waals surface area contributed by atoms with Crippen molar-refractivity contribution in [2.24, 2.45) is 0 Å². The van der Waals surface area contributed by atoms with E-state index >= 15 is 0 Å². The summed E-state index contributed by atoms with van der Waals surface area (Å²) in [7, 11) is 0. The highest BCUT2D eigenvalue weighted by molar-refractivity contribution is 4.83. The number of ether oxygens (including phenoxy) is 5. The van der Waals surface area contributed by atoms with Crippen LogP contribution in [-0.4, -0.2) is 74.8 Å². The van der Waals surface area contributed by atoms with Crippen LogP contribution in [-0.2, 0) is 23.7 Å². The van der Waals surface area contributed by atoms with E-state index in [1.807, 2.05) is 41.5 Å². The van der Waals surface area contributed by atoms with Crippen molar-refractivity contribution >= 4 is 0 Å². The lowest BCUT2D eigenvalue weighted by molar-refractivity contribution is -0.0889. The summed E-state index contributed by atoms with van der Waals surface area (Å²) in [6, 6.07) is 0. The Morgan fingerprint density at radius 3 is 1.79 bits per heavy atom. The summed E-state index contributed by atoms with van der Waals surface area (Å²) in [5.41, 5.74) is -0.408. The number of terminal acetylenes is 2. The zero-order chi connectivity index (χ0) is 22.8. The van der Waals surface area contributed by atoms with Gasteiger partial charge < -0.3 is 28.8 Å². The third-order valence-electron chi connectivity index (χ3n) is 2.85. The highest BCUT2D eigenvalue weighted by Gasteiger charge is 2.16. The Kier molecular flexibility index (Phi) is 18.0. The quantitative estimate of drug-likeness (QED) is 0.285. The number of hydrogen-bond donors (Lipinski definition) is 1. The molecular weight excluding hydrogens is 372 g/mol. The third-order valence-corrected chi connectivity index (χ3v) is 2.85. The van der Waals surface area contributed by atoms with E-state index in [0.29, 0.717) is 26.4 Å². The van der Waals surface area contributed by atoms with Gasteiger partial charge in [0.05, 0.1) is 44.2 Å². The summed E-state index contributed by atoms with van der Waals surface area (Å²) in [6.45, 7) is 17.8. The molecule has 0 amide bonds. The van der Waals surface area contributed by atoms with Gasteiger partial charge in [0, 0.05) is 0 Å². The topological polar surface area (TPSA) is 66.4 Å². The van der Waals surface area contributed by atoms with Crippen LogP contribution in [0.2, 0.25) is 0 Å². The van der Waals surface area contributed by atoms with E-state index < -0.39 is 6.10 Å². The Bertz CT molecular complexity index is 476. The van der Waals surface area contributed by atoms with Gasteiger partial charge in [-0.2, -0.15) is 0 Å². The average molecular weight is 413 g/mol. The molecule has 0 saturated heterocycles. The monoisotopic (exact) mass is 412 g/mol. The van der Waals surface area contributed by atoms with Gasteiger partial charge in [0.25, 0.3) is 0 Å². The molecule has 168 valence electrons. The molecule has 2 atom stereocenters. The fourth-order valence-electron chi connectivity index (χ4n) is 1.59. The molecule has 1 N–H and O–H groups in total. The molecule has 0 fully saturated rings. The summed E-state index contributed by atoms with van der Waals surface area (Å²) in [6.07, 6.45) is 11.1. The molecule has 0 unspecified atom stereocenters. The molecule has 0 aromatic carbocycles. The van der Waals surface area contributed by atoms with E-state index in [0.717, 1.165) is 0 Å². The van der Waals surface area contributed by atoms with Crippen LogP contribution < -0.4 is 0 Å². The smallest absolute Gasteiger partial charge is 0.107 e. The lowest BCUT2D eigenvalue weighted by Gasteiger charge is -2.24. The fourth-order valence-corrected chi connectivity index (χ4v) is 1.59. The summed E-state index contributed by atoms with van der Waals surface area (Å²) < 4.78 is 26.6. The van der Waals surface area contributed by atoms with Gasteiger partial charge in [0.1, 0.15) is 25.4 Å². The van der Waals surface area contributed by atoms with E-state index in [4.69, 9.17) is 36.5 Å². The normalized spacial score (nSPS) is 13.4. The first-order chi connectivity index (χ1) is 13.4. The molecule has 0 spiro atoms. The highest BCUT2D eigenvalue weighted by atomic mass is 16.6. The van der Waals surface area contributed by atoms with Gasteiger partial charge in [-0.15, -0.1) is 19.4 Å². The van der Waals surface area contributed by atoms with E-state index in [9.17, 15) is 5.11 Å². The van der Waals surface area contributed by atoms with Crippen LogP contribution in [0.15, 0.2) is 12.7 Å². The molecule has 0 aliphatic rings. The van der Waals surface area contributed by atoms with Gasteiger partial charge in [-0.25, -0.2) is 0 Å². The van der Waals surface area contributed by atoms with Gasteiger partial charge in [0.15, 0.2) is 0 Å². The number of hydrogen-bond acceptors (Lipinski definition) is 6. The van der Waals surface area contributed by atoms with Gasteiger partial charge in [-0.3, -0.25) is 0 Å². The minimum Gasteiger partial charge on any atom is -0.388 e. The maximum Gasteiger partial charge on any atom is 0.107 e. The number of aliphatic hydroxyl groups is 1. The second-order valence-corrected chi connectivity index (χ2v) is 8.18. The first-order valence-electron chi connectivity index (χ1n) is 9.66. The van der Waals surface area contributed by atoms with E-state index in [-0.39, 0.29) is 37.1 Å². The van der Waals surface area contributed by atoms with Gasteiger partial charge in [-0.1, -0.05) is 17.9 Å². The molecule has 0 heterocycles. The Morgan fingerprint density at radius 1 is 0.862 bits per heavy atom. The Balaban J connectivity index is 0. The first-order valence-corrected chi connectivity index (χ1v) is 9.66. The molecule has 29 heavy (non-hydrogen) atoms. The summed E-state index contributed by atoms with van der Waals surface area (Å²) in [5.74, 6) is 4.73. The fraction of sp³-hybridized carbons (Fsp3) is 0.739. The van der Waals surface area contributed by atoms with Gasteiger partial charge in [-0.05, 0) is 41.5 Å². The minimum absolute atomic E-state index is 0.106. The predicted octanol–water partition coefficient (Wildman–Crippen LogP) is 2.83. The Labute approximate surface area is 177 Å². The van der Waals surface area contributed by atoms with Crippen molar-refractivity contribution in [1.82, 2.24) is 0 Å². The van der Waals surface area contributed by atoms with Crippen molar-refractivity contribution in [3.63, 3.8) is 0 Å². The van der Waals surface area contributed by atoms with E-state index in [1.165, 1.54) is 0 Å². The Hall–Kier alpha value is -1.38. The summed E-state index contributed by atoms with van der Waals surface area (Å²) in [4.78, 5) is 0. The van der Waals surface area contributed by atoms with Crippen molar-refractivity contribution in [2.75, 3.05) is 46.2 Å².